The Balaban J connectivity index is 1.47. The zero-order valence-corrected chi connectivity index (χ0v) is 17.4. The largest absolute Gasteiger partial charge is 0.361 e. The van der Waals surface area contributed by atoms with Crippen molar-refractivity contribution < 1.29 is 8.42 Å². The minimum Gasteiger partial charge on any atom is -0.361 e. The summed E-state index contributed by atoms with van der Waals surface area (Å²) in [5.41, 5.74) is 2.99. The summed E-state index contributed by atoms with van der Waals surface area (Å²) in [6.07, 6.45) is 6.12. The van der Waals surface area contributed by atoms with Gasteiger partial charge in [0.25, 0.3) is 0 Å². The molecule has 1 aliphatic heterocycles. The Bertz CT molecular complexity index is 910. The van der Waals surface area contributed by atoms with Crippen molar-refractivity contribution in [1.82, 2.24) is 4.31 Å². The highest BCUT2D eigenvalue weighted by molar-refractivity contribution is 7.89. The van der Waals surface area contributed by atoms with E-state index in [2.05, 4.69) is 29.7 Å². The molecule has 0 spiro atoms. The molecule has 1 fully saturated rings. The molecular formula is C22H29N3O2S. The summed E-state index contributed by atoms with van der Waals surface area (Å²) in [6, 6.07) is 15.6. The minimum absolute atomic E-state index is 0.128. The Labute approximate surface area is 168 Å². The summed E-state index contributed by atoms with van der Waals surface area (Å²) in [4.78, 5) is 0.380. The monoisotopic (exact) mass is 399 g/mol. The van der Waals surface area contributed by atoms with Gasteiger partial charge in [0.1, 0.15) is 5.66 Å². The van der Waals surface area contributed by atoms with E-state index in [0.717, 1.165) is 49.0 Å². The second-order valence-corrected chi connectivity index (χ2v) is 10.3. The average Bonchev–Trinajstić information content (AvgIpc) is 3.04. The number of sulfonamides is 1. The van der Waals surface area contributed by atoms with Gasteiger partial charge >= 0.3 is 0 Å². The van der Waals surface area contributed by atoms with Crippen LogP contribution >= 0.6 is 0 Å². The van der Waals surface area contributed by atoms with Gasteiger partial charge in [-0.25, -0.2) is 8.42 Å². The fraction of sp³-hybridized carbons (Fsp3) is 0.455. The molecular weight excluding hydrogens is 370 g/mol. The molecule has 5 nitrogen and oxygen atoms in total. The number of rotatable bonds is 5. The van der Waals surface area contributed by atoms with Crippen molar-refractivity contribution in [2.75, 3.05) is 17.7 Å². The number of hydrogen-bond donors (Lipinski definition) is 2. The molecule has 1 aliphatic carbocycles. The average molecular weight is 400 g/mol. The van der Waals surface area contributed by atoms with Crippen LogP contribution in [0.4, 0.5) is 11.4 Å². The van der Waals surface area contributed by atoms with Crippen LogP contribution in [0.15, 0.2) is 53.4 Å². The number of anilines is 2. The summed E-state index contributed by atoms with van der Waals surface area (Å²) in [5.74, 6) is 0. The zero-order valence-electron chi connectivity index (χ0n) is 16.6. The summed E-state index contributed by atoms with van der Waals surface area (Å²) >= 11 is 0. The maximum Gasteiger partial charge on any atom is 0.243 e. The Morgan fingerprint density at radius 2 is 1.54 bits per heavy atom. The van der Waals surface area contributed by atoms with Crippen molar-refractivity contribution in [2.24, 2.45) is 0 Å². The summed E-state index contributed by atoms with van der Waals surface area (Å²) in [7, 11) is -1.71. The molecule has 28 heavy (non-hydrogen) atoms. The first-order valence-corrected chi connectivity index (χ1v) is 11.5. The van der Waals surface area contributed by atoms with Crippen molar-refractivity contribution in [2.45, 2.75) is 62.0 Å². The number of nitrogens with zero attached hydrogens (tertiary/aromatic N) is 1. The van der Waals surface area contributed by atoms with Gasteiger partial charge in [0, 0.05) is 19.5 Å². The second kappa shape index (κ2) is 7.41. The van der Waals surface area contributed by atoms with Crippen molar-refractivity contribution in [1.29, 1.82) is 0 Å². The first-order valence-electron chi connectivity index (χ1n) is 10.1. The molecule has 2 aromatic rings. The highest BCUT2D eigenvalue weighted by atomic mass is 32.2. The molecule has 2 N–H and O–H groups in total. The molecule has 2 aliphatic rings. The number of fused-ring (bicyclic) bond motifs is 1. The fourth-order valence-electron chi connectivity index (χ4n) is 4.41. The molecule has 2 aromatic carbocycles. The van der Waals surface area contributed by atoms with E-state index in [0.29, 0.717) is 4.90 Å². The van der Waals surface area contributed by atoms with Crippen molar-refractivity contribution in [3.05, 3.63) is 54.1 Å². The third-order valence-electron chi connectivity index (χ3n) is 6.00. The van der Waals surface area contributed by atoms with Gasteiger partial charge in [0.15, 0.2) is 0 Å². The van der Waals surface area contributed by atoms with E-state index in [1.165, 1.54) is 6.42 Å². The first-order chi connectivity index (χ1) is 13.4. The van der Waals surface area contributed by atoms with E-state index in [1.54, 1.807) is 23.5 Å². The molecule has 6 heteroatoms. The van der Waals surface area contributed by atoms with Gasteiger partial charge in [-0.05, 0) is 49.6 Å². The Morgan fingerprint density at radius 3 is 2.11 bits per heavy atom. The van der Waals surface area contributed by atoms with Crippen LogP contribution in [0, 0.1) is 0 Å². The van der Waals surface area contributed by atoms with Gasteiger partial charge in [0.05, 0.1) is 16.3 Å². The topological polar surface area (TPSA) is 61.4 Å². The van der Waals surface area contributed by atoms with Crippen molar-refractivity contribution in [3.8, 4) is 0 Å². The fourth-order valence-corrected chi connectivity index (χ4v) is 5.83. The van der Waals surface area contributed by atoms with E-state index in [1.807, 2.05) is 24.3 Å². The predicted octanol–water partition coefficient (Wildman–Crippen LogP) is 4.44. The van der Waals surface area contributed by atoms with Crippen molar-refractivity contribution in [3.63, 3.8) is 0 Å². The normalized spacial score (nSPS) is 19.1. The molecule has 1 heterocycles. The standard InChI is InChI=1S/C22H29N3O2S/c1-22(23-20-10-6-7-11-21(20)24-22)16-17-12-14-19(15-13-17)28(26,27)25(2)18-8-4-3-5-9-18/h6-7,10-15,18,23-24H,3-5,8-9,16H2,1-2H3. The zero-order chi connectivity index (χ0) is 19.8. The van der Waals surface area contributed by atoms with Gasteiger partial charge in [-0.3, -0.25) is 0 Å². The lowest BCUT2D eigenvalue weighted by Gasteiger charge is -2.30. The van der Waals surface area contributed by atoms with Crippen LogP contribution < -0.4 is 10.6 Å². The van der Waals surface area contributed by atoms with Gasteiger partial charge < -0.3 is 10.6 Å². The maximum atomic E-state index is 13.0. The van der Waals surface area contributed by atoms with Crippen LogP contribution in [0.25, 0.3) is 0 Å². The quantitative estimate of drug-likeness (QED) is 0.780. The highest BCUT2D eigenvalue weighted by Gasteiger charge is 2.32. The molecule has 0 aromatic heterocycles. The number of benzene rings is 2. The van der Waals surface area contributed by atoms with Gasteiger partial charge in [-0.15, -0.1) is 0 Å². The van der Waals surface area contributed by atoms with E-state index in [4.69, 9.17) is 0 Å². The van der Waals surface area contributed by atoms with Gasteiger partial charge in [-0.2, -0.15) is 4.31 Å². The van der Waals surface area contributed by atoms with E-state index in [9.17, 15) is 8.42 Å². The summed E-state index contributed by atoms with van der Waals surface area (Å²) in [6.45, 7) is 2.12. The Hall–Kier alpha value is -2.05. The minimum atomic E-state index is -3.44. The molecule has 0 bridgehead atoms. The third kappa shape index (κ3) is 3.76. The lowest BCUT2D eigenvalue weighted by atomic mass is 9.96. The molecule has 0 atom stereocenters. The van der Waals surface area contributed by atoms with Crippen LogP contribution in [-0.2, 0) is 16.4 Å². The lowest BCUT2D eigenvalue weighted by Crippen LogP contribution is -2.40. The van der Waals surface area contributed by atoms with Crippen LogP contribution in [-0.4, -0.2) is 31.5 Å². The molecule has 0 radical (unpaired) electrons. The maximum absolute atomic E-state index is 13.0. The molecule has 1 saturated carbocycles. The molecule has 0 amide bonds. The van der Waals surface area contributed by atoms with Gasteiger partial charge in [0.2, 0.25) is 10.0 Å². The third-order valence-corrected chi connectivity index (χ3v) is 7.92. The smallest absolute Gasteiger partial charge is 0.243 e. The second-order valence-electron chi connectivity index (χ2n) is 8.26. The highest BCUT2D eigenvalue weighted by Crippen LogP contribution is 2.35. The number of hydrogen-bond acceptors (Lipinski definition) is 4. The van der Waals surface area contributed by atoms with E-state index >= 15 is 0 Å². The molecule has 4 rings (SSSR count). The lowest BCUT2D eigenvalue weighted by molar-refractivity contribution is 0.286. The van der Waals surface area contributed by atoms with Crippen LogP contribution in [0.1, 0.15) is 44.6 Å². The molecule has 150 valence electrons. The van der Waals surface area contributed by atoms with Crippen LogP contribution in [0.3, 0.4) is 0 Å². The Morgan fingerprint density at radius 1 is 0.964 bits per heavy atom. The van der Waals surface area contributed by atoms with Gasteiger partial charge in [-0.1, -0.05) is 43.5 Å². The SMILES string of the molecule is CN(C1CCCCC1)S(=O)(=O)c1ccc(CC2(C)Nc3ccccc3N2)cc1. The Kier molecular flexibility index (Phi) is 5.10. The van der Waals surface area contributed by atoms with E-state index < -0.39 is 10.0 Å². The van der Waals surface area contributed by atoms with Crippen molar-refractivity contribution >= 4 is 21.4 Å². The number of nitrogens with one attached hydrogen (secondary N) is 2. The molecule has 0 saturated heterocycles. The summed E-state index contributed by atoms with van der Waals surface area (Å²) < 4.78 is 27.6. The van der Waals surface area contributed by atoms with Crippen LogP contribution in [0.2, 0.25) is 0 Å². The summed E-state index contributed by atoms with van der Waals surface area (Å²) in [5, 5.41) is 7.06. The first kappa shape index (κ1) is 19.3. The van der Waals surface area contributed by atoms with E-state index in [-0.39, 0.29) is 11.7 Å². The predicted molar refractivity (Wildman–Crippen MR) is 114 cm³/mol. The number of para-hydroxylation sites is 2. The molecule has 0 unspecified atom stereocenters. The van der Waals surface area contributed by atoms with Crippen LogP contribution in [0.5, 0.6) is 0 Å².